The van der Waals surface area contributed by atoms with Crippen LogP contribution in [0.3, 0.4) is 0 Å². The van der Waals surface area contributed by atoms with Crippen molar-refractivity contribution in [1.29, 1.82) is 0 Å². The van der Waals surface area contributed by atoms with Crippen molar-refractivity contribution in [3.63, 3.8) is 0 Å². The predicted molar refractivity (Wildman–Crippen MR) is 144 cm³/mol. The van der Waals surface area contributed by atoms with Crippen LogP contribution in [0.2, 0.25) is 0 Å². The lowest BCUT2D eigenvalue weighted by atomic mass is 9.71. The number of carbonyl (C=O) groups excluding carboxylic acids is 1. The summed E-state index contributed by atoms with van der Waals surface area (Å²) in [5.74, 6) is 2.32. The average Bonchev–Trinajstić information content (AvgIpc) is 3.32. The van der Waals surface area contributed by atoms with E-state index in [2.05, 4.69) is 74.9 Å². The zero-order valence-corrected chi connectivity index (χ0v) is 20.7. The van der Waals surface area contributed by atoms with Gasteiger partial charge in [-0.25, -0.2) is 4.79 Å². The van der Waals surface area contributed by atoms with Crippen LogP contribution in [-0.4, -0.2) is 11.6 Å². The predicted octanol–water partition coefficient (Wildman–Crippen LogP) is 8.27. The van der Waals surface area contributed by atoms with Gasteiger partial charge in [-0.1, -0.05) is 56.2 Å². The fourth-order valence-electron chi connectivity index (χ4n) is 5.72. The first-order valence-corrected chi connectivity index (χ1v) is 12.9. The fraction of sp³-hybridized carbons (Fsp3) is 0.258. The number of hydrogen-bond acceptors (Lipinski definition) is 2. The third-order valence-electron chi connectivity index (χ3n) is 7.25. The maximum Gasteiger partial charge on any atom is 0.339 e. The molecule has 1 aromatic heterocycles. The van der Waals surface area contributed by atoms with Gasteiger partial charge in [-0.15, -0.1) is 6.42 Å². The van der Waals surface area contributed by atoms with Crippen LogP contribution >= 0.6 is 10.5 Å². The second kappa shape index (κ2) is 8.15. The average molecular weight is 466 g/mol. The summed E-state index contributed by atoms with van der Waals surface area (Å²) < 4.78 is 8.65. The van der Waals surface area contributed by atoms with Gasteiger partial charge in [-0.2, -0.15) is 0 Å². The van der Waals surface area contributed by atoms with Gasteiger partial charge in [0.25, 0.3) is 0 Å². The van der Waals surface area contributed by atoms with E-state index in [1.807, 2.05) is 31.2 Å². The van der Waals surface area contributed by atoms with E-state index < -0.39 is 11.6 Å². The van der Waals surface area contributed by atoms with E-state index in [-0.39, 0.29) is 21.8 Å². The van der Waals surface area contributed by atoms with Crippen molar-refractivity contribution in [2.45, 2.75) is 39.2 Å². The SMILES string of the molecule is C#CC(C)(OC(=O)c1ccc(-[s+]2c3ccccc3c3ccccc32)cc1)C1C(=C)CCC1(C)C. The Morgan fingerprint density at radius 1 is 1.03 bits per heavy atom. The van der Waals surface area contributed by atoms with E-state index in [9.17, 15) is 4.79 Å². The minimum Gasteiger partial charge on any atom is -0.442 e. The molecule has 0 spiro atoms. The number of benzene rings is 3. The summed E-state index contributed by atoms with van der Waals surface area (Å²) in [6, 6.07) is 25.0. The van der Waals surface area contributed by atoms with Crippen LogP contribution in [-0.2, 0) is 4.74 Å². The number of rotatable bonds is 4. The molecule has 170 valence electrons. The Balaban J connectivity index is 1.48. The highest BCUT2D eigenvalue weighted by Crippen LogP contribution is 2.52. The number of thiophene rings is 1. The lowest BCUT2D eigenvalue weighted by Gasteiger charge is -2.39. The Bertz CT molecular complexity index is 1410. The van der Waals surface area contributed by atoms with Crippen LogP contribution in [0.4, 0.5) is 0 Å². The second-order valence-electron chi connectivity index (χ2n) is 10.0. The first-order chi connectivity index (χ1) is 16.2. The molecule has 3 heteroatoms. The summed E-state index contributed by atoms with van der Waals surface area (Å²) in [5.41, 5.74) is 0.481. The minimum atomic E-state index is -1.03. The van der Waals surface area contributed by atoms with Crippen LogP contribution < -0.4 is 0 Å². The summed E-state index contributed by atoms with van der Waals surface area (Å²) in [6.07, 6.45) is 7.83. The molecule has 0 radical (unpaired) electrons. The van der Waals surface area contributed by atoms with Crippen molar-refractivity contribution in [1.82, 2.24) is 0 Å². The van der Waals surface area contributed by atoms with Gasteiger partial charge in [-0.3, -0.25) is 0 Å². The number of terminal acetylenes is 1. The zero-order chi connectivity index (χ0) is 24.1. The maximum atomic E-state index is 13.2. The molecule has 0 N–H and O–H groups in total. The van der Waals surface area contributed by atoms with E-state index >= 15 is 0 Å². The third kappa shape index (κ3) is 3.54. The summed E-state index contributed by atoms with van der Waals surface area (Å²) in [7, 11) is -0.196. The number of hydrogen-bond donors (Lipinski definition) is 0. The van der Waals surface area contributed by atoms with Gasteiger partial charge in [0.1, 0.15) is 0 Å². The van der Waals surface area contributed by atoms with Gasteiger partial charge in [0.15, 0.2) is 19.9 Å². The number of carbonyl (C=O) groups is 1. The van der Waals surface area contributed by atoms with E-state index in [0.717, 1.165) is 18.4 Å². The van der Waals surface area contributed by atoms with Crippen LogP contribution in [0.25, 0.3) is 25.1 Å². The van der Waals surface area contributed by atoms with Gasteiger partial charge in [-0.05, 0) is 73.7 Å². The molecule has 0 saturated heterocycles. The van der Waals surface area contributed by atoms with E-state index in [0.29, 0.717) is 5.56 Å². The van der Waals surface area contributed by atoms with Crippen molar-refractivity contribution in [2.24, 2.45) is 11.3 Å². The molecule has 0 bridgehead atoms. The van der Waals surface area contributed by atoms with Gasteiger partial charge < -0.3 is 4.74 Å². The normalized spacial score (nSPS) is 19.1. The first kappa shape index (κ1) is 22.4. The van der Waals surface area contributed by atoms with Gasteiger partial charge in [0.2, 0.25) is 0 Å². The van der Waals surface area contributed by atoms with Crippen LogP contribution in [0, 0.1) is 23.7 Å². The van der Waals surface area contributed by atoms with Crippen LogP contribution in [0.1, 0.15) is 44.0 Å². The minimum absolute atomic E-state index is 0.0628. The van der Waals surface area contributed by atoms with E-state index in [4.69, 9.17) is 11.2 Å². The Labute approximate surface area is 204 Å². The monoisotopic (exact) mass is 465 g/mol. The van der Waals surface area contributed by atoms with Gasteiger partial charge >= 0.3 is 5.97 Å². The summed E-state index contributed by atoms with van der Waals surface area (Å²) in [6.45, 7) is 10.4. The van der Waals surface area contributed by atoms with Crippen molar-refractivity contribution < 1.29 is 9.53 Å². The molecule has 4 aromatic rings. The Hall–Kier alpha value is -3.35. The quantitative estimate of drug-likeness (QED) is 0.131. The maximum absolute atomic E-state index is 13.2. The highest BCUT2D eigenvalue weighted by molar-refractivity contribution is 7.50. The molecule has 1 fully saturated rings. The summed E-state index contributed by atoms with van der Waals surface area (Å²) >= 11 is 0. The molecule has 3 aromatic carbocycles. The number of esters is 1. The highest BCUT2D eigenvalue weighted by atomic mass is 32.2. The third-order valence-corrected chi connectivity index (χ3v) is 9.59. The molecule has 2 unspecified atom stereocenters. The molecule has 2 nitrogen and oxygen atoms in total. The first-order valence-electron chi connectivity index (χ1n) is 11.7. The molecule has 1 saturated carbocycles. The van der Waals surface area contributed by atoms with Crippen molar-refractivity contribution >= 4 is 36.6 Å². The highest BCUT2D eigenvalue weighted by Gasteiger charge is 2.50. The lowest BCUT2D eigenvalue weighted by Crippen LogP contribution is -2.43. The lowest BCUT2D eigenvalue weighted by molar-refractivity contribution is -0.0208. The zero-order valence-electron chi connectivity index (χ0n) is 19.9. The molecular formula is C31H29O2S+. The van der Waals surface area contributed by atoms with Crippen molar-refractivity contribution in [2.75, 3.05) is 0 Å². The summed E-state index contributed by atoms with van der Waals surface area (Å²) in [5, 5.41) is 2.57. The number of ether oxygens (including phenoxy) is 1. The molecule has 1 aliphatic rings. The van der Waals surface area contributed by atoms with Crippen molar-refractivity contribution in [3.8, 4) is 17.2 Å². The van der Waals surface area contributed by atoms with Crippen LogP contribution in [0.5, 0.6) is 0 Å². The van der Waals surface area contributed by atoms with E-state index in [1.54, 1.807) is 0 Å². The molecule has 1 heterocycles. The van der Waals surface area contributed by atoms with Crippen LogP contribution in [0.15, 0.2) is 84.9 Å². The molecule has 5 rings (SSSR count). The Morgan fingerprint density at radius 3 is 2.09 bits per heavy atom. The van der Waals surface area contributed by atoms with E-state index in [1.165, 1.54) is 25.1 Å². The Kier molecular flexibility index (Phi) is 5.38. The molecule has 2 atom stereocenters. The van der Waals surface area contributed by atoms with Crippen molar-refractivity contribution in [3.05, 3.63) is 90.5 Å². The Morgan fingerprint density at radius 2 is 1.59 bits per heavy atom. The summed E-state index contributed by atoms with van der Waals surface area (Å²) in [4.78, 5) is 14.4. The van der Waals surface area contributed by atoms with Gasteiger partial charge in [0.05, 0.1) is 5.56 Å². The van der Waals surface area contributed by atoms with Gasteiger partial charge in [0, 0.05) is 27.2 Å². The standard InChI is InChI=1S/C31H29O2S/c1-6-31(5,28-21(2)19-20-30(28,3)4)33-29(32)22-15-17-23(18-16-22)34-26-13-9-7-11-24(26)25-12-8-10-14-27(25)34/h1,7-18,28H,2,19-20H2,3-5H3/q+1. The molecule has 0 amide bonds. The largest absolute Gasteiger partial charge is 0.442 e. The molecule has 34 heavy (non-hydrogen) atoms. The molecular weight excluding hydrogens is 436 g/mol. The topological polar surface area (TPSA) is 26.3 Å². The smallest absolute Gasteiger partial charge is 0.339 e. The molecule has 1 aliphatic carbocycles. The molecule has 0 aliphatic heterocycles. The number of fused-ring (bicyclic) bond motifs is 3. The fourth-order valence-corrected chi connectivity index (χ4v) is 8.09. The second-order valence-corrected chi connectivity index (χ2v) is 12.0.